The molecule has 0 amide bonds. The Hall–Kier alpha value is -1.28. The number of hydrogen-bond acceptors (Lipinski definition) is 2. The molecule has 0 fully saturated rings. The Morgan fingerprint density at radius 3 is 2.06 bits per heavy atom. The molecule has 1 aromatic rings. The van der Waals surface area contributed by atoms with Gasteiger partial charge in [-0.15, -0.1) is 0 Å². The summed E-state index contributed by atoms with van der Waals surface area (Å²) in [6.07, 6.45) is 0. The van der Waals surface area contributed by atoms with E-state index in [1.807, 2.05) is 20.9 Å². The van der Waals surface area contributed by atoms with Crippen LogP contribution in [0.4, 0.5) is 0 Å². The fraction of sp³-hybridized carbons (Fsp3) is 0.429. The predicted molar refractivity (Wildman–Crippen MR) is 73.3 cm³/mol. The highest BCUT2D eigenvalue weighted by Gasteiger charge is 1.97. The second-order valence-electron chi connectivity index (χ2n) is 3.66. The first-order valence-electron chi connectivity index (χ1n) is 5.74. The van der Waals surface area contributed by atoms with Crippen LogP contribution in [0.3, 0.4) is 0 Å². The summed E-state index contributed by atoms with van der Waals surface area (Å²) in [4.78, 5) is 2.15. The molecule has 1 N–H and O–H groups in total. The predicted octanol–water partition coefficient (Wildman–Crippen LogP) is 2.96. The minimum absolute atomic E-state index is 0.960. The van der Waals surface area contributed by atoms with Crippen molar-refractivity contribution in [1.29, 1.82) is 0 Å². The van der Waals surface area contributed by atoms with Crippen LogP contribution >= 0.6 is 0 Å². The van der Waals surface area contributed by atoms with Gasteiger partial charge in [-0.1, -0.05) is 44.7 Å². The number of benzene rings is 1. The van der Waals surface area contributed by atoms with Crippen LogP contribution in [0.2, 0.25) is 0 Å². The SMILES string of the molecule is C=C(NC)c1ccc(CN(C)C)cc1.CC. The Kier molecular flexibility index (Phi) is 7.31. The lowest BCUT2D eigenvalue weighted by atomic mass is 10.1. The van der Waals surface area contributed by atoms with Crippen molar-refractivity contribution in [3.8, 4) is 0 Å². The normalized spacial score (nSPS) is 9.38. The molecule has 0 aliphatic heterocycles. The van der Waals surface area contributed by atoms with Gasteiger partial charge in [-0.2, -0.15) is 0 Å². The second-order valence-corrected chi connectivity index (χ2v) is 3.66. The monoisotopic (exact) mass is 220 g/mol. The zero-order valence-corrected chi connectivity index (χ0v) is 11.2. The number of hydrogen-bond donors (Lipinski definition) is 1. The molecule has 0 aliphatic carbocycles. The zero-order chi connectivity index (χ0) is 12.6. The Bertz CT molecular complexity index is 299. The first kappa shape index (κ1) is 14.7. The lowest BCUT2D eigenvalue weighted by Crippen LogP contribution is -2.10. The first-order chi connectivity index (χ1) is 7.63. The molecule has 0 aromatic heterocycles. The highest BCUT2D eigenvalue weighted by molar-refractivity contribution is 5.61. The maximum Gasteiger partial charge on any atom is 0.0338 e. The third kappa shape index (κ3) is 4.99. The molecule has 0 bridgehead atoms. The second kappa shape index (κ2) is 7.94. The molecule has 0 spiro atoms. The summed E-state index contributed by atoms with van der Waals surface area (Å²) in [5.74, 6) is 0. The summed E-state index contributed by atoms with van der Waals surface area (Å²) in [6, 6.07) is 8.46. The molecule has 0 radical (unpaired) electrons. The third-order valence-electron chi connectivity index (χ3n) is 2.10. The summed E-state index contributed by atoms with van der Waals surface area (Å²) in [6.45, 7) is 8.89. The van der Waals surface area contributed by atoms with Crippen LogP contribution in [0.1, 0.15) is 25.0 Å². The highest BCUT2D eigenvalue weighted by atomic mass is 15.0. The summed E-state index contributed by atoms with van der Waals surface area (Å²) in [5.41, 5.74) is 3.43. The molecule has 0 unspecified atom stereocenters. The average molecular weight is 220 g/mol. The maximum absolute atomic E-state index is 3.91. The molecule has 2 nitrogen and oxygen atoms in total. The topological polar surface area (TPSA) is 15.3 Å². The molecule has 0 saturated heterocycles. The van der Waals surface area contributed by atoms with Crippen molar-refractivity contribution in [2.45, 2.75) is 20.4 Å². The largest absolute Gasteiger partial charge is 0.388 e. The van der Waals surface area contributed by atoms with Crippen molar-refractivity contribution in [2.24, 2.45) is 0 Å². The van der Waals surface area contributed by atoms with Gasteiger partial charge < -0.3 is 10.2 Å². The molecule has 2 heteroatoms. The van der Waals surface area contributed by atoms with Gasteiger partial charge in [-0.3, -0.25) is 0 Å². The van der Waals surface area contributed by atoms with E-state index in [1.54, 1.807) is 0 Å². The summed E-state index contributed by atoms with van der Waals surface area (Å²) in [5, 5.41) is 3.04. The third-order valence-corrected chi connectivity index (χ3v) is 2.10. The van der Waals surface area contributed by atoms with Crippen molar-refractivity contribution in [1.82, 2.24) is 10.2 Å². The Labute approximate surface area is 100.0 Å². The van der Waals surface area contributed by atoms with Crippen LogP contribution in [0.15, 0.2) is 30.8 Å². The maximum atomic E-state index is 3.91. The number of nitrogens with one attached hydrogen (secondary N) is 1. The number of rotatable bonds is 4. The van der Waals surface area contributed by atoms with Crippen molar-refractivity contribution in [3.05, 3.63) is 42.0 Å². The van der Waals surface area contributed by atoms with Crippen molar-refractivity contribution >= 4 is 5.70 Å². The molecular formula is C14H24N2. The van der Waals surface area contributed by atoms with Gasteiger partial charge in [0, 0.05) is 19.3 Å². The highest BCUT2D eigenvalue weighted by Crippen LogP contribution is 2.11. The minimum Gasteiger partial charge on any atom is -0.388 e. The lowest BCUT2D eigenvalue weighted by molar-refractivity contribution is 0.402. The first-order valence-corrected chi connectivity index (χ1v) is 5.74. The van der Waals surface area contributed by atoms with Gasteiger partial charge >= 0.3 is 0 Å². The fourth-order valence-corrected chi connectivity index (χ4v) is 1.32. The summed E-state index contributed by atoms with van der Waals surface area (Å²) < 4.78 is 0. The summed E-state index contributed by atoms with van der Waals surface area (Å²) in [7, 11) is 6.02. The molecule has 0 aliphatic rings. The summed E-state index contributed by atoms with van der Waals surface area (Å²) >= 11 is 0. The lowest BCUT2D eigenvalue weighted by Gasteiger charge is -2.10. The van der Waals surface area contributed by atoms with Crippen LogP contribution in [-0.4, -0.2) is 26.0 Å². The van der Waals surface area contributed by atoms with E-state index in [0.717, 1.165) is 17.8 Å². The fourth-order valence-electron chi connectivity index (χ4n) is 1.32. The zero-order valence-electron chi connectivity index (χ0n) is 11.2. The van der Waals surface area contributed by atoms with E-state index >= 15 is 0 Å². The molecule has 0 atom stereocenters. The Balaban J connectivity index is 0.00000106. The van der Waals surface area contributed by atoms with Crippen molar-refractivity contribution in [2.75, 3.05) is 21.1 Å². The van der Waals surface area contributed by atoms with Gasteiger partial charge in [0.05, 0.1) is 0 Å². The molecular weight excluding hydrogens is 196 g/mol. The molecule has 90 valence electrons. The van der Waals surface area contributed by atoms with Gasteiger partial charge in [-0.25, -0.2) is 0 Å². The van der Waals surface area contributed by atoms with Gasteiger partial charge in [0.25, 0.3) is 0 Å². The van der Waals surface area contributed by atoms with E-state index < -0.39 is 0 Å². The van der Waals surface area contributed by atoms with E-state index in [1.165, 1.54) is 5.56 Å². The molecule has 1 aromatic carbocycles. The smallest absolute Gasteiger partial charge is 0.0338 e. The van der Waals surface area contributed by atoms with Crippen LogP contribution < -0.4 is 5.32 Å². The van der Waals surface area contributed by atoms with Gasteiger partial charge in [0.15, 0.2) is 0 Å². The van der Waals surface area contributed by atoms with E-state index in [-0.39, 0.29) is 0 Å². The van der Waals surface area contributed by atoms with Gasteiger partial charge in [0.2, 0.25) is 0 Å². The van der Waals surface area contributed by atoms with E-state index in [0.29, 0.717) is 0 Å². The van der Waals surface area contributed by atoms with Gasteiger partial charge in [0.1, 0.15) is 0 Å². The molecule has 16 heavy (non-hydrogen) atoms. The Morgan fingerprint density at radius 2 is 1.69 bits per heavy atom. The standard InChI is InChI=1S/C12H18N2.C2H6/c1-10(13-2)12-7-5-11(6-8-12)9-14(3)4;1-2/h5-8,13H,1,9H2,2-4H3;1-2H3. The Morgan fingerprint density at radius 1 is 1.19 bits per heavy atom. The van der Waals surface area contributed by atoms with E-state index in [4.69, 9.17) is 0 Å². The quantitative estimate of drug-likeness (QED) is 0.839. The van der Waals surface area contributed by atoms with E-state index in [9.17, 15) is 0 Å². The van der Waals surface area contributed by atoms with Crippen molar-refractivity contribution in [3.63, 3.8) is 0 Å². The molecule has 0 heterocycles. The molecule has 0 saturated carbocycles. The molecule has 1 rings (SSSR count). The minimum atomic E-state index is 0.960. The van der Waals surface area contributed by atoms with Gasteiger partial charge in [-0.05, 0) is 25.2 Å². The average Bonchev–Trinajstić information content (AvgIpc) is 2.31. The van der Waals surface area contributed by atoms with Crippen LogP contribution in [0.25, 0.3) is 5.70 Å². The van der Waals surface area contributed by atoms with E-state index in [2.05, 4.69) is 55.2 Å². The number of nitrogens with zero attached hydrogens (tertiary/aromatic N) is 1. The van der Waals surface area contributed by atoms with Crippen LogP contribution in [0, 0.1) is 0 Å². The van der Waals surface area contributed by atoms with Crippen LogP contribution in [-0.2, 0) is 6.54 Å². The van der Waals surface area contributed by atoms with Crippen molar-refractivity contribution < 1.29 is 0 Å². The van der Waals surface area contributed by atoms with Crippen LogP contribution in [0.5, 0.6) is 0 Å².